The van der Waals surface area contributed by atoms with Gasteiger partial charge in [-0.3, -0.25) is 9.69 Å². The first-order valence-electron chi connectivity index (χ1n) is 7.92. The molecule has 0 aromatic heterocycles. The standard InChI is InChI=1S/C19H15NO5S2/c1-11(18(23)24)25-15-5-3-2-4-12(15)10-16-17(22)20(19(26)27-16)13-6-8-14(21)9-7-13/h2-11,21H,1H3,(H,23,24)/b16-10+. The van der Waals surface area contributed by atoms with Crippen molar-refractivity contribution in [2.45, 2.75) is 13.0 Å². The van der Waals surface area contributed by atoms with E-state index in [1.807, 2.05) is 0 Å². The number of thioether (sulfide) groups is 1. The summed E-state index contributed by atoms with van der Waals surface area (Å²) in [6.45, 7) is 1.43. The first kappa shape index (κ1) is 18.9. The van der Waals surface area contributed by atoms with E-state index in [9.17, 15) is 14.7 Å². The SMILES string of the molecule is CC(Oc1ccccc1/C=C1/SC(=S)N(c2ccc(O)cc2)C1=O)C(=O)O. The molecular formula is C19H15NO5S2. The van der Waals surface area contributed by atoms with Crippen molar-refractivity contribution in [3.63, 3.8) is 0 Å². The number of ether oxygens (including phenoxy) is 1. The lowest BCUT2D eigenvalue weighted by atomic mass is 10.1. The molecule has 27 heavy (non-hydrogen) atoms. The van der Waals surface area contributed by atoms with Gasteiger partial charge in [0.1, 0.15) is 11.5 Å². The van der Waals surface area contributed by atoms with Gasteiger partial charge in [-0.25, -0.2) is 4.79 Å². The fourth-order valence-electron chi connectivity index (χ4n) is 2.38. The molecule has 1 fully saturated rings. The molecule has 2 N–H and O–H groups in total. The summed E-state index contributed by atoms with van der Waals surface area (Å²) in [5.74, 6) is -0.916. The summed E-state index contributed by atoms with van der Waals surface area (Å²) >= 11 is 6.46. The van der Waals surface area contributed by atoms with Crippen molar-refractivity contribution in [3.05, 3.63) is 59.0 Å². The number of carbonyl (C=O) groups is 2. The average Bonchev–Trinajstić information content (AvgIpc) is 2.91. The molecule has 2 aromatic rings. The lowest BCUT2D eigenvalue weighted by Crippen LogP contribution is -2.27. The van der Waals surface area contributed by atoms with Gasteiger partial charge < -0.3 is 14.9 Å². The van der Waals surface area contributed by atoms with Gasteiger partial charge in [0, 0.05) is 5.56 Å². The molecule has 3 rings (SSSR count). The number of aliphatic carboxylic acids is 1. The summed E-state index contributed by atoms with van der Waals surface area (Å²) in [5.41, 5.74) is 1.14. The van der Waals surface area contributed by atoms with Gasteiger partial charge in [-0.2, -0.15) is 0 Å². The number of carboxylic acid groups (broad SMARTS) is 1. The van der Waals surface area contributed by atoms with E-state index in [1.165, 1.54) is 24.0 Å². The molecule has 1 aliphatic heterocycles. The number of amides is 1. The molecule has 2 aromatic carbocycles. The molecule has 0 aliphatic carbocycles. The molecule has 1 atom stereocenters. The maximum atomic E-state index is 12.8. The largest absolute Gasteiger partial charge is 0.508 e. The molecule has 138 valence electrons. The molecule has 0 spiro atoms. The number of carboxylic acids is 1. The third-order valence-corrected chi connectivity index (χ3v) is 5.06. The van der Waals surface area contributed by atoms with E-state index in [1.54, 1.807) is 42.5 Å². The van der Waals surface area contributed by atoms with Gasteiger partial charge in [-0.05, 0) is 43.3 Å². The van der Waals surface area contributed by atoms with Crippen molar-refractivity contribution in [1.82, 2.24) is 0 Å². The topological polar surface area (TPSA) is 87.1 Å². The Morgan fingerprint density at radius 1 is 1.22 bits per heavy atom. The highest BCUT2D eigenvalue weighted by Gasteiger charge is 2.33. The first-order valence-corrected chi connectivity index (χ1v) is 9.15. The first-order chi connectivity index (χ1) is 12.9. The van der Waals surface area contributed by atoms with E-state index in [-0.39, 0.29) is 11.7 Å². The lowest BCUT2D eigenvalue weighted by Gasteiger charge is -2.14. The van der Waals surface area contributed by atoms with Gasteiger partial charge in [0.2, 0.25) is 0 Å². The fraction of sp³-hybridized carbons (Fsp3) is 0.105. The zero-order valence-corrected chi connectivity index (χ0v) is 15.8. The molecule has 8 heteroatoms. The number of aromatic hydroxyl groups is 1. The minimum Gasteiger partial charge on any atom is -0.508 e. The number of rotatable bonds is 5. The Bertz CT molecular complexity index is 939. The number of phenols is 1. The Kier molecular flexibility index (Phi) is 5.48. The van der Waals surface area contributed by atoms with Gasteiger partial charge in [-0.15, -0.1) is 0 Å². The molecule has 1 amide bonds. The van der Waals surface area contributed by atoms with Crippen LogP contribution in [0.5, 0.6) is 11.5 Å². The maximum absolute atomic E-state index is 12.8. The van der Waals surface area contributed by atoms with Crippen LogP contribution in [0.4, 0.5) is 5.69 Å². The van der Waals surface area contributed by atoms with Crippen LogP contribution in [-0.4, -0.2) is 32.5 Å². The van der Waals surface area contributed by atoms with Crippen molar-refractivity contribution < 1.29 is 24.5 Å². The normalized spacial score (nSPS) is 16.6. The Morgan fingerprint density at radius 2 is 1.89 bits per heavy atom. The Balaban J connectivity index is 1.90. The van der Waals surface area contributed by atoms with Crippen molar-refractivity contribution in [3.8, 4) is 11.5 Å². The highest BCUT2D eigenvalue weighted by atomic mass is 32.2. The Labute approximate surface area is 165 Å². The van der Waals surface area contributed by atoms with Gasteiger partial charge >= 0.3 is 5.97 Å². The summed E-state index contributed by atoms with van der Waals surface area (Å²) in [6, 6.07) is 13.0. The van der Waals surface area contributed by atoms with E-state index in [0.29, 0.717) is 26.2 Å². The van der Waals surface area contributed by atoms with E-state index < -0.39 is 12.1 Å². The van der Waals surface area contributed by atoms with Crippen LogP contribution in [0, 0.1) is 0 Å². The van der Waals surface area contributed by atoms with Crippen LogP contribution in [-0.2, 0) is 9.59 Å². The van der Waals surface area contributed by atoms with E-state index >= 15 is 0 Å². The zero-order valence-electron chi connectivity index (χ0n) is 14.2. The van der Waals surface area contributed by atoms with Gasteiger partial charge in [0.25, 0.3) is 5.91 Å². The van der Waals surface area contributed by atoms with E-state index in [0.717, 1.165) is 11.8 Å². The number of anilines is 1. The number of para-hydroxylation sites is 1. The summed E-state index contributed by atoms with van der Waals surface area (Å²) in [6.07, 6.45) is 0.606. The second-order valence-corrected chi connectivity index (χ2v) is 7.35. The quantitative estimate of drug-likeness (QED) is 0.584. The minimum atomic E-state index is -1.08. The van der Waals surface area contributed by atoms with Gasteiger partial charge in [0.15, 0.2) is 10.4 Å². The number of carbonyl (C=O) groups excluding carboxylic acids is 1. The van der Waals surface area contributed by atoms with Gasteiger partial charge in [0.05, 0.1) is 10.6 Å². The maximum Gasteiger partial charge on any atom is 0.344 e. The summed E-state index contributed by atoms with van der Waals surface area (Å²) in [7, 11) is 0. The Morgan fingerprint density at radius 3 is 2.56 bits per heavy atom. The van der Waals surface area contributed by atoms with Crippen molar-refractivity contribution in [1.29, 1.82) is 0 Å². The lowest BCUT2D eigenvalue weighted by molar-refractivity contribution is -0.144. The molecular weight excluding hydrogens is 386 g/mol. The van der Waals surface area contributed by atoms with Crippen LogP contribution in [0.1, 0.15) is 12.5 Å². The predicted molar refractivity (Wildman–Crippen MR) is 108 cm³/mol. The van der Waals surface area contributed by atoms with Crippen molar-refractivity contribution in [2.75, 3.05) is 4.90 Å². The molecule has 1 heterocycles. The number of benzene rings is 2. The molecule has 0 saturated carbocycles. The number of nitrogens with zero attached hydrogens (tertiary/aromatic N) is 1. The van der Waals surface area contributed by atoms with Crippen LogP contribution in [0.2, 0.25) is 0 Å². The second-order valence-electron chi connectivity index (χ2n) is 5.67. The monoisotopic (exact) mass is 401 g/mol. The average molecular weight is 401 g/mol. The van der Waals surface area contributed by atoms with Crippen LogP contribution >= 0.6 is 24.0 Å². The van der Waals surface area contributed by atoms with Crippen LogP contribution < -0.4 is 9.64 Å². The van der Waals surface area contributed by atoms with Crippen LogP contribution in [0.15, 0.2) is 53.4 Å². The third kappa shape index (κ3) is 4.12. The summed E-state index contributed by atoms with van der Waals surface area (Å²) in [5, 5.41) is 18.4. The highest BCUT2D eigenvalue weighted by molar-refractivity contribution is 8.27. The zero-order chi connectivity index (χ0) is 19.6. The van der Waals surface area contributed by atoms with Crippen molar-refractivity contribution >= 4 is 51.9 Å². The molecule has 1 aliphatic rings. The summed E-state index contributed by atoms with van der Waals surface area (Å²) < 4.78 is 5.83. The number of thiocarbonyl (C=S) groups is 1. The number of hydrogen-bond donors (Lipinski definition) is 2. The molecule has 0 radical (unpaired) electrons. The van der Waals surface area contributed by atoms with Crippen LogP contribution in [0.3, 0.4) is 0 Å². The number of phenolic OH excluding ortho intramolecular Hbond substituents is 1. The molecule has 0 bridgehead atoms. The van der Waals surface area contributed by atoms with E-state index in [2.05, 4.69) is 0 Å². The second kappa shape index (κ2) is 7.81. The summed E-state index contributed by atoms with van der Waals surface area (Å²) in [4.78, 5) is 25.6. The number of hydrogen-bond acceptors (Lipinski definition) is 6. The minimum absolute atomic E-state index is 0.0957. The molecule has 6 nitrogen and oxygen atoms in total. The smallest absolute Gasteiger partial charge is 0.344 e. The van der Waals surface area contributed by atoms with Gasteiger partial charge in [-0.1, -0.05) is 42.2 Å². The third-order valence-electron chi connectivity index (χ3n) is 3.76. The van der Waals surface area contributed by atoms with Crippen LogP contribution in [0.25, 0.3) is 6.08 Å². The van der Waals surface area contributed by atoms with E-state index in [4.69, 9.17) is 22.1 Å². The van der Waals surface area contributed by atoms with Crippen molar-refractivity contribution in [2.24, 2.45) is 0 Å². The Hall–Kier alpha value is -2.84. The molecule has 1 unspecified atom stereocenters. The fourth-order valence-corrected chi connectivity index (χ4v) is 3.67. The molecule has 1 saturated heterocycles. The predicted octanol–water partition coefficient (Wildman–Crippen LogP) is 3.65. The highest BCUT2D eigenvalue weighted by Crippen LogP contribution is 2.37.